The molecule has 0 fully saturated rings. The summed E-state index contributed by atoms with van der Waals surface area (Å²) in [5.74, 6) is -0.332. The molecule has 0 aromatic carbocycles. The van der Waals surface area contributed by atoms with Crippen LogP contribution in [-0.2, 0) is 9.53 Å². The van der Waals surface area contributed by atoms with Gasteiger partial charge in [0.15, 0.2) is 0 Å². The van der Waals surface area contributed by atoms with E-state index in [0.717, 1.165) is 6.42 Å². The Morgan fingerprint density at radius 2 is 1.89 bits per heavy atom. The first-order chi connectivity index (χ1) is 8.85. The Morgan fingerprint density at radius 1 is 1.26 bits per heavy atom. The summed E-state index contributed by atoms with van der Waals surface area (Å²) in [6.45, 7) is 8.13. The number of carbonyl (C=O) groups is 1. The Morgan fingerprint density at radius 3 is 2.37 bits per heavy atom. The number of carbonyl (C=O) groups excluding carboxylic acids is 1. The van der Waals surface area contributed by atoms with Gasteiger partial charge in [0.1, 0.15) is 0 Å². The highest BCUT2D eigenvalue weighted by Crippen LogP contribution is 2.17. The zero-order valence-corrected chi connectivity index (χ0v) is 13.3. The number of primary amides is 1. The molecule has 0 heterocycles. The Labute approximate surface area is 118 Å². The van der Waals surface area contributed by atoms with E-state index in [2.05, 4.69) is 19.2 Å². The van der Waals surface area contributed by atoms with Crippen molar-refractivity contribution in [1.82, 2.24) is 5.32 Å². The topological polar surface area (TPSA) is 64.3 Å². The predicted molar refractivity (Wildman–Crippen MR) is 80.0 cm³/mol. The average molecular weight is 272 g/mol. The third kappa shape index (κ3) is 7.53. The summed E-state index contributed by atoms with van der Waals surface area (Å²) in [5.41, 5.74) is 4.72. The van der Waals surface area contributed by atoms with Crippen molar-refractivity contribution in [2.45, 2.75) is 84.0 Å². The first kappa shape index (κ1) is 18.4. The monoisotopic (exact) mass is 272 g/mol. The van der Waals surface area contributed by atoms with Crippen molar-refractivity contribution in [3.63, 3.8) is 0 Å². The number of hydrogen-bond donors (Lipinski definition) is 2. The van der Waals surface area contributed by atoms with E-state index in [1.165, 1.54) is 25.7 Å². The van der Waals surface area contributed by atoms with E-state index in [1.807, 2.05) is 13.8 Å². The highest BCUT2D eigenvalue weighted by molar-refractivity contribution is 5.84. The maximum atomic E-state index is 11.4. The highest BCUT2D eigenvalue weighted by atomic mass is 16.5. The molecule has 4 nitrogen and oxygen atoms in total. The molecule has 0 aliphatic rings. The number of nitrogens with two attached hydrogens (primary N) is 1. The third-order valence-corrected chi connectivity index (χ3v) is 3.72. The summed E-state index contributed by atoms with van der Waals surface area (Å²) >= 11 is 0. The molecule has 0 aromatic heterocycles. The van der Waals surface area contributed by atoms with Crippen molar-refractivity contribution in [2.75, 3.05) is 7.05 Å². The number of likely N-dealkylation sites (N-methyl/N-ethyl adjacent to an activating group) is 1. The summed E-state index contributed by atoms with van der Waals surface area (Å²) in [7, 11) is 1.76. The fourth-order valence-corrected chi connectivity index (χ4v) is 2.27. The van der Waals surface area contributed by atoms with Gasteiger partial charge in [-0.15, -0.1) is 0 Å². The number of rotatable bonds is 11. The fourth-order valence-electron chi connectivity index (χ4n) is 2.27. The van der Waals surface area contributed by atoms with Crippen molar-refractivity contribution in [3.8, 4) is 0 Å². The molecule has 114 valence electrons. The van der Waals surface area contributed by atoms with Crippen molar-refractivity contribution in [2.24, 2.45) is 5.73 Å². The molecule has 19 heavy (non-hydrogen) atoms. The molecular formula is C15H32N2O2. The molecule has 0 rings (SSSR count). The van der Waals surface area contributed by atoms with Crippen molar-refractivity contribution in [3.05, 3.63) is 0 Å². The van der Waals surface area contributed by atoms with Crippen LogP contribution < -0.4 is 11.1 Å². The second-order valence-electron chi connectivity index (χ2n) is 5.76. The van der Waals surface area contributed by atoms with Crippen LogP contribution in [0.15, 0.2) is 0 Å². The van der Waals surface area contributed by atoms with Crippen molar-refractivity contribution in [1.29, 1.82) is 0 Å². The van der Waals surface area contributed by atoms with Gasteiger partial charge < -0.3 is 15.8 Å². The second kappa shape index (κ2) is 9.32. The lowest BCUT2D eigenvalue weighted by atomic mass is 9.94. The van der Waals surface area contributed by atoms with Gasteiger partial charge in [-0.3, -0.25) is 4.79 Å². The molecule has 0 aliphatic heterocycles. The molecule has 0 radical (unpaired) electrons. The SMILES string of the molecule is CCCCCCC(C)OC(C)CC(C)(NC)C(N)=O. The lowest BCUT2D eigenvalue weighted by Gasteiger charge is -2.30. The molecule has 0 saturated heterocycles. The van der Waals surface area contributed by atoms with Crippen LogP contribution in [-0.4, -0.2) is 30.7 Å². The van der Waals surface area contributed by atoms with Gasteiger partial charge >= 0.3 is 0 Å². The van der Waals surface area contributed by atoms with Gasteiger partial charge in [0.2, 0.25) is 5.91 Å². The minimum atomic E-state index is -0.693. The van der Waals surface area contributed by atoms with E-state index in [0.29, 0.717) is 6.42 Å². The van der Waals surface area contributed by atoms with E-state index in [4.69, 9.17) is 10.5 Å². The van der Waals surface area contributed by atoms with Gasteiger partial charge in [0.05, 0.1) is 17.7 Å². The van der Waals surface area contributed by atoms with Crippen LogP contribution in [0.3, 0.4) is 0 Å². The van der Waals surface area contributed by atoms with Crippen LogP contribution in [0.25, 0.3) is 0 Å². The van der Waals surface area contributed by atoms with Crippen LogP contribution in [0.4, 0.5) is 0 Å². The molecule has 0 bridgehead atoms. The normalized spacial score (nSPS) is 17.7. The van der Waals surface area contributed by atoms with Crippen molar-refractivity contribution < 1.29 is 9.53 Å². The van der Waals surface area contributed by atoms with E-state index >= 15 is 0 Å². The lowest BCUT2D eigenvalue weighted by Crippen LogP contribution is -2.53. The van der Waals surface area contributed by atoms with Gasteiger partial charge in [-0.2, -0.15) is 0 Å². The number of amides is 1. The first-order valence-corrected chi connectivity index (χ1v) is 7.50. The molecular weight excluding hydrogens is 240 g/mol. The zero-order chi connectivity index (χ0) is 14.9. The van der Waals surface area contributed by atoms with Crippen LogP contribution in [0.5, 0.6) is 0 Å². The second-order valence-corrected chi connectivity index (χ2v) is 5.76. The minimum Gasteiger partial charge on any atom is -0.375 e. The van der Waals surface area contributed by atoms with Gasteiger partial charge in [0.25, 0.3) is 0 Å². The number of hydrogen-bond acceptors (Lipinski definition) is 3. The standard InChI is InChI=1S/C15H32N2O2/c1-6-7-8-9-10-12(2)19-13(3)11-15(4,17-5)14(16)18/h12-13,17H,6-11H2,1-5H3,(H2,16,18). The van der Waals surface area contributed by atoms with Gasteiger partial charge in [-0.1, -0.05) is 32.6 Å². The fraction of sp³-hybridized carbons (Fsp3) is 0.933. The molecule has 0 saturated carbocycles. The molecule has 4 heteroatoms. The van der Waals surface area contributed by atoms with E-state index in [9.17, 15) is 4.79 Å². The first-order valence-electron chi connectivity index (χ1n) is 7.50. The van der Waals surface area contributed by atoms with Crippen LogP contribution in [0, 0.1) is 0 Å². The third-order valence-electron chi connectivity index (χ3n) is 3.72. The van der Waals surface area contributed by atoms with E-state index in [1.54, 1.807) is 7.05 Å². The molecule has 0 spiro atoms. The van der Waals surface area contributed by atoms with Gasteiger partial charge in [-0.05, 0) is 34.2 Å². The zero-order valence-electron chi connectivity index (χ0n) is 13.3. The maximum absolute atomic E-state index is 11.4. The quantitative estimate of drug-likeness (QED) is 0.568. The Bertz CT molecular complexity index is 259. The lowest BCUT2D eigenvalue weighted by molar-refractivity contribution is -0.125. The molecule has 3 N–H and O–H groups in total. The summed E-state index contributed by atoms with van der Waals surface area (Å²) in [6.07, 6.45) is 6.96. The number of nitrogens with one attached hydrogen (secondary N) is 1. The molecule has 3 atom stereocenters. The summed E-state index contributed by atoms with van der Waals surface area (Å²) in [6, 6.07) is 0. The van der Waals surface area contributed by atoms with Gasteiger partial charge in [0, 0.05) is 6.42 Å². The molecule has 3 unspecified atom stereocenters. The smallest absolute Gasteiger partial charge is 0.237 e. The maximum Gasteiger partial charge on any atom is 0.237 e. The van der Waals surface area contributed by atoms with Gasteiger partial charge in [-0.25, -0.2) is 0 Å². The number of unbranched alkanes of at least 4 members (excludes halogenated alkanes) is 3. The summed E-state index contributed by atoms with van der Waals surface area (Å²) in [5, 5.41) is 2.99. The summed E-state index contributed by atoms with van der Waals surface area (Å²) in [4.78, 5) is 11.4. The average Bonchev–Trinajstić information content (AvgIpc) is 2.34. The predicted octanol–water partition coefficient (Wildman–Crippen LogP) is 2.60. The van der Waals surface area contributed by atoms with Crippen LogP contribution >= 0.6 is 0 Å². The van der Waals surface area contributed by atoms with Crippen molar-refractivity contribution >= 4 is 5.91 Å². The Kier molecular flexibility index (Phi) is 9.02. The van der Waals surface area contributed by atoms with E-state index in [-0.39, 0.29) is 18.1 Å². The summed E-state index contributed by atoms with van der Waals surface area (Å²) < 4.78 is 5.93. The Balaban J connectivity index is 4.01. The number of ether oxygens (including phenoxy) is 1. The molecule has 1 amide bonds. The van der Waals surface area contributed by atoms with E-state index < -0.39 is 5.54 Å². The minimum absolute atomic E-state index is 0.0196. The Hall–Kier alpha value is -0.610. The molecule has 0 aliphatic carbocycles. The van der Waals surface area contributed by atoms with Crippen LogP contribution in [0.2, 0.25) is 0 Å². The highest BCUT2D eigenvalue weighted by Gasteiger charge is 2.31. The molecule has 0 aromatic rings. The van der Waals surface area contributed by atoms with Crippen LogP contribution in [0.1, 0.15) is 66.2 Å². The largest absolute Gasteiger partial charge is 0.375 e.